The molecule has 0 bridgehead atoms. The number of nitrogens with one attached hydrogen (secondary N) is 1. The van der Waals surface area contributed by atoms with Crippen LogP contribution in [0.2, 0.25) is 5.02 Å². The predicted octanol–water partition coefficient (Wildman–Crippen LogP) is 1.68. The van der Waals surface area contributed by atoms with E-state index in [1.54, 1.807) is 19.1 Å². The fourth-order valence-corrected chi connectivity index (χ4v) is 2.28. The summed E-state index contributed by atoms with van der Waals surface area (Å²) < 4.78 is 0. The van der Waals surface area contributed by atoms with Gasteiger partial charge in [0.25, 0.3) is 0 Å². The van der Waals surface area contributed by atoms with Gasteiger partial charge in [-0.2, -0.15) is 0 Å². The molecule has 0 aliphatic heterocycles. The van der Waals surface area contributed by atoms with Crippen molar-refractivity contribution in [2.75, 3.05) is 19.0 Å². The number of carbonyl (C=O) groups is 1. The lowest BCUT2D eigenvalue weighted by Crippen LogP contribution is -2.54. The van der Waals surface area contributed by atoms with E-state index in [2.05, 4.69) is 5.32 Å². The van der Waals surface area contributed by atoms with Gasteiger partial charge in [0, 0.05) is 9.92 Å². The average molecular weight is 304 g/mol. The van der Waals surface area contributed by atoms with Gasteiger partial charge >= 0.3 is 0 Å². The van der Waals surface area contributed by atoms with E-state index in [1.165, 1.54) is 11.8 Å². The van der Waals surface area contributed by atoms with Crippen LogP contribution in [0.25, 0.3) is 0 Å². The molecule has 0 aliphatic rings. The minimum atomic E-state index is -0.933. The highest BCUT2D eigenvalue weighted by atomic mass is 35.5. The highest BCUT2D eigenvalue weighted by Crippen LogP contribution is 2.20. The molecule has 19 heavy (non-hydrogen) atoms. The quantitative estimate of drug-likeness (QED) is 0.670. The maximum Gasteiger partial charge on any atom is 0.230 e. The van der Waals surface area contributed by atoms with Gasteiger partial charge in [-0.25, -0.2) is 0 Å². The molecular weight excluding hydrogens is 286 g/mol. The number of hydrogen-bond donors (Lipinski definition) is 3. The third-order valence-corrected chi connectivity index (χ3v) is 4.13. The SMILES string of the molecule is CCC(CO)(CO)NC(=O)CSc1ccc(Cl)cc1. The Bertz CT molecular complexity index is 399. The first kappa shape index (κ1) is 16.3. The second-order valence-electron chi connectivity index (χ2n) is 4.24. The van der Waals surface area contributed by atoms with Crippen molar-refractivity contribution in [3.8, 4) is 0 Å². The second-order valence-corrected chi connectivity index (χ2v) is 5.73. The lowest BCUT2D eigenvalue weighted by Gasteiger charge is -2.29. The van der Waals surface area contributed by atoms with Crippen molar-refractivity contribution in [3.63, 3.8) is 0 Å². The van der Waals surface area contributed by atoms with Gasteiger partial charge in [0.05, 0.1) is 24.5 Å². The van der Waals surface area contributed by atoms with Gasteiger partial charge in [-0.1, -0.05) is 18.5 Å². The number of aliphatic hydroxyl groups is 2. The molecule has 0 aliphatic carbocycles. The Morgan fingerprint density at radius 1 is 1.32 bits per heavy atom. The first-order valence-electron chi connectivity index (χ1n) is 5.96. The normalized spacial score (nSPS) is 11.4. The Labute approximate surface area is 122 Å². The molecule has 0 unspecified atom stereocenters. The summed E-state index contributed by atoms with van der Waals surface area (Å²) in [6, 6.07) is 7.20. The molecule has 0 saturated carbocycles. The molecule has 1 aromatic rings. The third-order valence-electron chi connectivity index (χ3n) is 2.87. The molecule has 4 nitrogen and oxygen atoms in total. The molecule has 1 rings (SSSR count). The van der Waals surface area contributed by atoms with Crippen LogP contribution < -0.4 is 5.32 Å². The van der Waals surface area contributed by atoms with Crippen LogP contribution in [0.3, 0.4) is 0 Å². The molecule has 0 saturated heterocycles. The lowest BCUT2D eigenvalue weighted by molar-refractivity contribution is -0.121. The van der Waals surface area contributed by atoms with Crippen LogP contribution in [0.15, 0.2) is 29.2 Å². The van der Waals surface area contributed by atoms with Crippen molar-refractivity contribution in [1.29, 1.82) is 0 Å². The van der Waals surface area contributed by atoms with E-state index < -0.39 is 5.54 Å². The number of rotatable bonds is 7. The first-order valence-corrected chi connectivity index (χ1v) is 7.32. The van der Waals surface area contributed by atoms with E-state index in [9.17, 15) is 15.0 Å². The Kier molecular flexibility index (Phi) is 6.65. The molecule has 6 heteroatoms. The summed E-state index contributed by atoms with van der Waals surface area (Å²) >= 11 is 7.15. The molecule has 1 amide bonds. The molecular formula is C13H18ClNO3S. The van der Waals surface area contributed by atoms with Gasteiger partial charge in [0.1, 0.15) is 0 Å². The number of benzene rings is 1. The highest BCUT2D eigenvalue weighted by molar-refractivity contribution is 8.00. The van der Waals surface area contributed by atoms with Crippen LogP contribution in [-0.4, -0.2) is 40.6 Å². The second kappa shape index (κ2) is 7.75. The Morgan fingerprint density at radius 3 is 2.37 bits per heavy atom. The number of carbonyl (C=O) groups excluding carboxylic acids is 1. The van der Waals surface area contributed by atoms with Gasteiger partial charge in [0.15, 0.2) is 0 Å². The largest absolute Gasteiger partial charge is 0.394 e. The van der Waals surface area contributed by atoms with Gasteiger partial charge in [-0.15, -0.1) is 11.8 Å². The summed E-state index contributed by atoms with van der Waals surface area (Å²) in [5.41, 5.74) is -0.933. The smallest absolute Gasteiger partial charge is 0.230 e. The Hall–Kier alpha value is -0.750. The zero-order valence-corrected chi connectivity index (χ0v) is 12.3. The molecule has 0 fully saturated rings. The monoisotopic (exact) mass is 303 g/mol. The molecule has 3 N–H and O–H groups in total. The predicted molar refractivity (Wildman–Crippen MR) is 77.5 cm³/mol. The number of amides is 1. The minimum Gasteiger partial charge on any atom is -0.394 e. The summed E-state index contributed by atoms with van der Waals surface area (Å²) in [6.45, 7) is 1.24. The average Bonchev–Trinajstić information content (AvgIpc) is 2.44. The molecule has 0 spiro atoms. The summed E-state index contributed by atoms with van der Waals surface area (Å²) in [7, 11) is 0. The Morgan fingerprint density at radius 2 is 1.89 bits per heavy atom. The van der Waals surface area contributed by atoms with E-state index in [4.69, 9.17) is 11.6 Å². The van der Waals surface area contributed by atoms with E-state index in [1.807, 2.05) is 12.1 Å². The van der Waals surface area contributed by atoms with Crippen LogP contribution in [0.5, 0.6) is 0 Å². The highest BCUT2D eigenvalue weighted by Gasteiger charge is 2.28. The fourth-order valence-electron chi connectivity index (χ4n) is 1.45. The summed E-state index contributed by atoms with van der Waals surface area (Å²) in [6.07, 6.45) is 0.470. The molecule has 0 atom stereocenters. The van der Waals surface area contributed by atoms with Crippen LogP contribution in [-0.2, 0) is 4.79 Å². The third kappa shape index (κ3) is 5.03. The fraction of sp³-hybridized carbons (Fsp3) is 0.462. The van der Waals surface area contributed by atoms with Crippen molar-refractivity contribution in [3.05, 3.63) is 29.3 Å². The van der Waals surface area contributed by atoms with Gasteiger partial charge < -0.3 is 15.5 Å². The molecule has 0 aromatic heterocycles. The standard InChI is InChI=1S/C13H18ClNO3S/c1-2-13(8-16,9-17)15-12(18)7-19-11-5-3-10(14)4-6-11/h3-6,16-17H,2,7-9H2,1H3,(H,15,18). The topological polar surface area (TPSA) is 69.6 Å². The van der Waals surface area contributed by atoms with Gasteiger partial charge in [0.2, 0.25) is 5.91 Å². The van der Waals surface area contributed by atoms with Crippen molar-refractivity contribution >= 4 is 29.3 Å². The van der Waals surface area contributed by atoms with Crippen LogP contribution >= 0.6 is 23.4 Å². The van der Waals surface area contributed by atoms with Crippen molar-refractivity contribution < 1.29 is 15.0 Å². The summed E-state index contributed by atoms with van der Waals surface area (Å²) in [4.78, 5) is 12.7. The van der Waals surface area contributed by atoms with Crippen molar-refractivity contribution in [2.45, 2.75) is 23.8 Å². The van der Waals surface area contributed by atoms with Gasteiger partial charge in [-0.05, 0) is 30.7 Å². The van der Waals surface area contributed by atoms with E-state index in [-0.39, 0.29) is 24.9 Å². The van der Waals surface area contributed by atoms with Crippen LogP contribution in [0.4, 0.5) is 0 Å². The maximum absolute atomic E-state index is 11.8. The number of aliphatic hydroxyl groups excluding tert-OH is 2. The van der Waals surface area contributed by atoms with Gasteiger partial charge in [-0.3, -0.25) is 4.79 Å². The molecule has 0 radical (unpaired) electrons. The molecule has 0 heterocycles. The number of thioether (sulfide) groups is 1. The maximum atomic E-state index is 11.8. The van der Waals surface area contributed by atoms with E-state index in [0.717, 1.165) is 4.90 Å². The first-order chi connectivity index (χ1) is 9.05. The summed E-state index contributed by atoms with van der Waals surface area (Å²) in [5, 5.41) is 21.8. The van der Waals surface area contributed by atoms with Crippen LogP contribution in [0.1, 0.15) is 13.3 Å². The zero-order chi connectivity index (χ0) is 14.3. The van der Waals surface area contributed by atoms with Crippen molar-refractivity contribution in [2.24, 2.45) is 0 Å². The zero-order valence-electron chi connectivity index (χ0n) is 10.7. The van der Waals surface area contributed by atoms with E-state index >= 15 is 0 Å². The van der Waals surface area contributed by atoms with Crippen molar-refractivity contribution in [1.82, 2.24) is 5.32 Å². The number of halogens is 1. The minimum absolute atomic E-state index is 0.218. The van der Waals surface area contributed by atoms with E-state index in [0.29, 0.717) is 11.4 Å². The summed E-state index contributed by atoms with van der Waals surface area (Å²) in [5.74, 6) is 0.00789. The lowest BCUT2D eigenvalue weighted by atomic mass is 9.99. The number of hydrogen-bond acceptors (Lipinski definition) is 4. The Balaban J connectivity index is 2.49. The molecule has 1 aromatic carbocycles. The van der Waals surface area contributed by atoms with Crippen LogP contribution in [0, 0.1) is 0 Å². The molecule has 106 valence electrons.